The zero-order valence-corrected chi connectivity index (χ0v) is 17.0. The second kappa shape index (κ2) is 10.3. The summed E-state index contributed by atoms with van der Waals surface area (Å²) >= 11 is 0. The average Bonchev–Trinajstić information content (AvgIpc) is 3.69. The topological polar surface area (TPSA) is 96.1 Å². The van der Waals surface area contributed by atoms with E-state index in [-0.39, 0.29) is 25.4 Å². The lowest BCUT2D eigenvalue weighted by atomic mass is 10.2. The van der Waals surface area contributed by atoms with Crippen molar-refractivity contribution >= 4 is 11.9 Å². The van der Waals surface area contributed by atoms with E-state index in [1.807, 2.05) is 36.4 Å². The summed E-state index contributed by atoms with van der Waals surface area (Å²) in [5, 5.41) is 0. The third kappa shape index (κ3) is 7.58. The highest BCUT2D eigenvalue weighted by Crippen LogP contribution is 2.18. The summed E-state index contributed by atoms with van der Waals surface area (Å²) in [6.45, 7) is 2.55. The van der Waals surface area contributed by atoms with Crippen molar-refractivity contribution in [1.29, 1.82) is 0 Å². The van der Waals surface area contributed by atoms with Crippen LogP contribution in [-0.2, 0) is 41.8 Å². The van der Waals surface area contributed by atoms with Gasteiger partial charge < -0.3 is 28.4 Å². The first kappa shape index (κ1) is 21.1. The number of esters is 2. The lowest BCUT2D eigenvalue weighted by molar-refractivity contribution is -0.156. The van der Waals surface area contributed by atoms with Crippen LogP contribution in [-0.4, -0.2) is 50.6 Å². The largest absolute Gasteiger partial charge is 0.491 e. The molecule has 2 aromatic rings. The Morgan fingerprint density at radius 2 is 1.23 bits per heavy atom. The second-order valence-electron chi connectivity index (χ2n) is 7.33. The number of carbonyl (C=O) groups excluding carboxylic acids is 2. The van der Waals surface area contributed by atoms with Gasteiger partial charge in [0.05, 0.1) is 13.2 Å². The molecule has 2 heterocycles. The maximum atomic E-state index is 12.0. The van der Waals surface area contributed by atoms with Gasteiger partial charge in [-0.15, -0.1) is 0 Å². The van der Waals surface area contributed by atoms with Gasteiger partial charge in [0.15, 0.2) is 0 Å². The van der Waals surface area contributed by atoms with E-state index < -0.39 is 18.4 Å². The summed E-state index contributed by atoms with van der Waals surface area (Å²) < 4.78 is 31.7. The van der Waals surface area contributed by atoms with Crippen molar-refractivity contribution in [2.75, 3.05) is 26.4 Å². The zero-order valence-electron chi connectivity index (χ0n) is 17.0. The summed E-state index contributed by atoms with van der Waals surface area (Å²) in [6.07, 6.45) is -0.121. The van der Waals surface area contributed by atoms with E-state index in [1.54, 1.807) is 12.1 Å². The van der Waals surface area contributed by atoms with Crippen LogP contribution in [0.25, 0.3) is 0 Å². The van der Waals surface area contributed by atoms with Crippen molar-refractivity contribution in [3.8, 4) is 11.5 Å². The number of carbonyl (C=O) groups is 2. The molecule has 4 rings (SSSR count). The molecule has 31 heavy (non-hydrogen) atoms. The molecular formula is C23H24O8. The normalized spacial score (nSPS) is 18.7. The fourth-order valence-electron chi connectivity index (χ4n) is 2.70. The minimum atomic E-state index is -0.649. The van der Waals surface area contributed by atoms with Gasteiger partial charge in [-0.1, -0.05) is 24.3 Å². The van der Waals surface area contributed by atoms with E-state index >= 15 is 0 Å². The molecule has 2 saturated heterocycles. The predicted octanol–water partition coefficient (Wildman–Crippen LogP) is 2.42. The van der Waals surface area contributed by atoms with Gasteiger partial charge in [0.2, 0.25) is 0 Å². The number of ether oxygens (including phenoxy) is 6. The number of hydrogen-bond donors (Lipinski definition) is 0. The minimum absolute atomic E-state index is 0.0489. The van der Waals surface area contributed by atoms with Crippen LogP contribution in [0.2, 0.25) is 0 Å². The Balaban J connectivity index is 1.15. The van der Waals surface area contributed by atoms with E-state index in [2.05, 4.69) is 0 Å². The number of epoxide rings is 2. The number of rotatable bonds is 12. The quantitative estimate of drug-likeness (QED) is 0.289. The summed E-state index contributed by atoms with van der Waals surface area (Å²) in [7, 11) is 0. The van der Waals surface area contributed by atoms with Crippen molar-refractivity contribution in [3.63, 3.8) is 0 Å². The highest BCUT2D eigenvalue weighted by atomic mass is 16.6. The SMILES string of the molecule is O=C(CC(=O)OCc1cccc(OCC2CO2)c1)OCc1cccc(OCC2CO2)c1. The third-order valence-corrected chi connectivity index (χ3v) is 4.56. The number of benzene rings is 2. The summed E-state index contributed by atoms with van der Waals surface area (Å²) in [5.74, 6) is 0.0621. The van der Waals surface area contributed by atoms with Crippen molar-refractivity contribution in [3.05, 3.63) is 59.7 Å². The molecule has 2 aromatic carbocycles. The fourth-order valence-corrected chi connectivity index (χ4v) is 2.70. The molecule has 2 atom stereocenters. The second-order valence-corrected chi connectivity index (χ2v) is 7.33. The molecule has 164 valence electrons. The lowest BCUT2D eigenvalue weighted by Crippen LogP contribution is -2.14. The first-order valence-electron chi connectivity index (χ1n) is 10.1. The van der Waals surface area contributed by atoms with E-state index in [1.165, 1.54) is 0 Å². The Morgan fingerprint density at radius 1 is 0.774 bits per heavy atom. The molecule has 2 aliphatic rings. The molecule has 0 N–H and O–H groups in total. The van der Waals surface area contributed by atoms with Gasteiger partial charge in [-0.25, -0.2) is 0 Å². The van der Waals surface area contributed by atoms with E-state index in [0.717, 1.165) is 24.3 Å². The lowest BCUT2D eigenvalue weighted by Gasteiger charge is -2.09. The molecule has 2 aliphatic heterocycles. The molecule has 2 unspecified atom stereocenters. The summed E-state index contributed by atoms with van der Waals surface area (Å²) in [5.41, 5.74) is 1.54. The van der Waals surface area contributed by atoms with Crippen molar-refractivity contribution in [2.24, 2.45) is 0 Å². The first-order chi connectivity index (χ1) is 15.1. The minimum Gasteiger partial charge on any atom is -0.491 e. The van der Waals surface area contributed by atoms with Gasteiger partial charge in [0, 0.05) is 0 Å². The van der Waals surface area contributed by atoms with Crippen LogP contribution in [0.3, 0.4) is 0 Å². The molecule has 0 spiro atoms. The summed E-state index contributed by atoms with van der Waals surface area (Å²) in [6, 6.07) is 14.5. The molecule has 8 heteroatoms. The molecule has 0 aliphatic carbocycles. The van der Waals surface area contributed by atoms with Crippen molar-refractivity contribution in [1.82, 2.24) is 0 Å². The molecule has 0 bridgehead atoms. The van der Waals surface area contributed by atoms with E-state index in [9.17, 15) is 9.59 Å². The van der Waals surface area contributed by atoms with Gasteiger partial charge in [0.25, 0.3) is 0 Å². The maximum Gasteiger partial charge on any atom is 0.317 e. The fraction of sp³-hybridized carbons (Fsp3) is 0.391. The van der Waals surface area contributed by atoms with Gasteiger partial charge >= 0.3 is 11.9 Å². The molecule has 0 saturated carbocycles. The highest BCUT2D eigenvalue weighted by Gasteiger charge is 2.23. The standard InChI is InChI=1S/C23H24O8/c24-22(30-10-16-3-1-5-18(7-16)26-12-20-14-28-20)9-23(25)31-11-17-4-2-6-19(8-17)27-13-21-15-29-21/h1-8,20-21H,9-15H2. The van der Waals surface area contributed by atoms with Gasteiger partial charge in [-0.3, -0.25) is 9.59 Å². The zero-order chi connectivity index (χ0) is 21.5. The predicted molar refractivity (Wildman–Crippen MR) is 108 cm³/mol. The average molecular weight is 428 g/mol. The van der Waals surface area contributed by atoms with Crippen LogP contribution in [0.1, 0.15) is 17.5 Å². The Hall–Kier alpha value is -3.10. The van der Waals surface area contributed by atoms with Crippen molar-refractivity contribution < 1.29 is 38.0 Å². The third-order valence-electron chi connectivity index (χ3n) is 4.56. The Labute approximate surface area is 179 Å². The first-order valence-corrected chi connectivity index (χ1v) is 10.1. The van der Waals surface area contributed by atoms with Crippen LogP contribution in [0.15, 0.2) is 48.5 Å². The maximum absolute atomic E-state index is 12.0. The molecule has 8 nitrogen and oxygen atoms in total. The van der Waals surface area contributed by atoms with E-state index in [0.29, 0.717) is 24.7 Å². The van der Waals surface area contributed by atoms with Crippen LogP contribution in [0.5, 0.6) is 11.5 Å². The molecule has 0 amide bonds. The number of hydrogen-bond acceptors (Lipinski definition) is 8. The summed E-state index contributed by atoms with van der Waals surface area (Å²) in [4.78, 5) is 23.9. The Kier molecular flexibility index (Phi) is 7.01. The van der Waals surface area contributed by atoms with Gasteiger partial charge in [-0.05, 0) is 35.4 Å². The van der Waals surface area contributed by atoms with Crippen LogP contribution in [0.4, 0.5) is 0 Å². The molecule has 0 radical (unpaired) electrons. The molecular weight excluding hydrogens is 404 g/mol. The Morgan fingerprint density at radius 3 is 1.65 bits per heavy atom. The van der Waals surface area contributed by atoms with Crippen LogP contribution >= 0.6 is 0 Å². The van der Waals surface area contributed by atoms with E-state index in [4.69, 9.17) is 28.4 Å². The monoisotopic (exact) mass is 428 g/mol. The molecule has 0 aromatic heterocycles. The van der Waals surface area contributed by atoms with Crippen LogP contribution in [0, 0.1) is 0 Å². The smallest absolute Gasteiger partial charge is 0.317 e. The van der Waals surface area contributed by atoms with Gasteiger partial charge in [0.1, 0.15) is 56.6 Å². The highest BCUT2D eigenvalue weighted by molar-refractivity contribution is 5.91. The molecule has 2 fully saturated rings. The Bertz CT molecular complexity index is 830. The van der Waals surface area contributed by atoms with Crippen molar-refractivity contribution in [2.45, 2.75) is 31.8 Å². The van der Waals surface area contributed by atoms with Crippen LogP contribution < -0.4 is 9.47 Å². The van der Waals surface area contributed by atoms with Gasteiger partial charge in [-0.2, -0.15) is 0 Å².